The lowest BCUT2D eigenvalue weighted by Crippen LogP contribution is -2.54. The van der Waals surface area contributed by atoms with Crippen LogP contribution in [0, 0.1) is 0 Å². The van der Waals surface area contributed by atoms with Crippen LogP contribution < -0.4 is 0 Å². The van der Waals surface area contributed by atoms with E-state index in [9.17, 15) is 9.59 Å². The molecule has 0 aliphatic carbocycles. The maximum absolute atomic E-state index is 12.3. The van der Waals surface area contributed by atoms with E-state index >= 15 is 0 Å². The summed E-state index contributed by atoms with van der Waals surface area (Å²) in [7, 11) is 0. The molecule has 0 spiro atoms. The second kappa shape index (κ2) is 7.87. The maximum Gasteiger partial charge on any atom is 0.410 e. The lowest BCUT2D eigenvalue weighted by Gasteiger charge is -2.41. The first-order chi connectivity index (χ1) is 11.7. The van der Waals surface area contributed by atoms with Gasteiger partial charge in [0.2, 0.25) is 0 Å². The fourth-order valence-corrected chi connectivity index (χ4v) is 3.02. The van der Waals surface area contributed by atoms with Crippen molar-refractivity contribution in [3.05, 3.63) is 35.4 Å². The highest BCUT2D eigenvalue weighted by atomic mass is 16.6. The maximum atomic E-state index is 12.3. The molecule has 1 atom stereocenters. The lowest BCUT2D eigenvalue weighted by atomic mass is 10.1. The number of carboxylic acids is 1. The topological polar surface area (TPSA) is 70.1 Å². The van der Waals surface area contributed by atoms with Gasteiger partial charge in [0.1, 0.15) is 5.60 Å². The Labute approximate surface area is 149 Å². The molecule has 6 nitrogen and oxygen atoms in total. The summed E-state index contributed by atoms with van der Waals surface area (Å²) in [4.78, 5) is 27.5. The fraction of sp³-hybridized carbons (Fsp3) is 0.579. The van der Waals surface area contributed by atoms with Gasteiger partial charge in [-0.1, -0.05) is 19.1 Å². The molecule has 1 N–H and O–H groups in total. The van der Waals surface area contributed by atoms with Crippen LogP contribution in [0.25, 0.3) is 0 Å². The number of nitrogens with zero attached hydrogens (tertiary/aromatic N) is 2. The largest absolute Gasteiger partial charge is 0.478 e. The third-order valence-corrected chi connectivity index (χ3v) is 4.29. The van der Waals surface area contributed by atoms with Crippen molar-refractivity contribution in [1.29, 1.82) is 0 Å². The Morgan fingerprint density at radius 1 is 1.28 bits per heavy atom. The molecule has 1 aromatic carbocycles. The van der Waals surface area contributed by atoms with Crippen molar-refractivity contribution in [2.75, 3.05) is 19.6 Å². The van der Waals surface area contributed by atoms with Crippen molar-refractivity contribution < 1.29 is 19.4 Å². The van der Waals surface area contributed by atoms with Crippen molar-refractivity contribution in [2.24, 2.45) is 0 Å². The molecular formula is C19H28N2O4. The fourth-order valence-electron chi connectivity index (χ4n) is 3.02. The van der Waals surface area contributed by atoms with Crippen LogP contribution in [0.5, 0.6) is 0 Å². The summed E-state index contributed by atoms with van der Waals surface area (Å²) < 4.78 is 5.47. The summed E-state index contributed by atoms with van der Waals surface area (Å²) >= 11 is 0. The van der Waals surface area contributed by atoms with Gasteiger partial charge in [-0.2, -0.15) is 0 Å². The van der Waals surface area contributed by atoms with E-state index in [1.54, 1.807) is 23.1 Å². The van der Waals surface area contributed by atoms with Gasteiger partial charge in [0, 0.05) is 32.2 Å². The van der Waals surface area contributed by atoms with Gasteiger partial charge in [0.05, 0.1) is 5.56 Å². The van der Waals surface area contributed by atoms with Crippen molar-refractivity contribution in [1.82, 2.24) is 9.80 Å². The number of benzene rings is 1. The SMILES string of the molecule is CCC1CN(C(=O)OC(C)(C)C)CCN1Cc1cccc(C(=O)O)c1. The predicted molar refractivity (Wildman–Crippen MR) is 95.7 cm³/mol. The molecule has 2 rings (SSSR count). The first-order valence-corrected chi connectivity index (χ1v) is 8.74. The summed E-state index contributed by atoms with van der Waals surface area (Å²) in [6.45, 7) is 10.4. The Hall–Kier alpha value is -2.08. The van der Waals surface area contributed by atoms with Crippen molar-refractivity contribution in [3.63, 3.8) is 0 Å². The summed E-state index contributed by atoms with van der Waals surface area (Å²) in [6.07, 6.45) is 0.649. The first kappa shape index (κ1) is 19.2. The number of aromatic carboxylic acids is 1. The molecule has 1 aliphatic heterocycles. The third-order valence-electron chi connectivity index (χ3n) is 4.29. The summed E-state index contributed by atoms with van der Waals surface area (Å²) in [5, 5.41) is 9.13. The summed E-state index contributed by atoms with van der Waals surface area (Å²) in [5.74, 6) is -0.913. The van der Waals surface area contributed by atoms with E-state index in [0.29, 0.717) is 25.2 Å². The number of carboxylic acid groups (broad SMARTS) is 1. The Morgan fingerprint density at radius 3 is 2.60 bits per heavy atom. The average molecular weight is 348 g/mol. The van der Waals surface area contributed by atoms with Crippen LogP contribution in [0.3, 0.4) is 0 Å². The van der Waals surface area contributed by atoms with Crippen LogP contribution in [0.1, 0.15) is 50.0 Å². The zero-order valence-electron chi connectivity index (χ0n) is 15.5. The molecule has 1 amide bonds. The second-order valence-electron chi connectivity index (χ2n) is 7.46. The second-order valence-corrected chi connectivity index (χ2v) is 7.46. The summed E-state index contributed by atoms with van der Waals surface area (Å²) in [6, 6.07) is 7.27. The van der Waals surface area contributed by atoms with Gasteiger partial charge in [-0.25, -0.2) is 9.59 Å². The first-order valence-electron chi connectivity index (χ1n) is 8.74. The van der Waals surface area contributed by atoms with Crippen molar-refractivity contribution >= 4 is 12.1 Å². The zero-order chi connectivity index (χ0) is 18.6. The molecule has 138 valence electrons. The molecule has 0 bridgehead atoms. The van der Waals surface area contributed by atoms with Crippen molar-refractivity contribution in [2.45, 2.75) is 52.3 Å². The predicted octanol–water partition coefficient (Wildman–Crippen LogP) is 3.22. The lowest BCUT2D eigenvalue weighted by molar-refractivity contribution is 0.00190. The van der Waals surface area contributed by atoms with Crippen LogP contribution in [0.4, 0.5) is 4.79 Å². The van der Waals surface area contributed by atoms with Crippen LogP contribution in [0.2, 0.25) is 0 Å². The number of ether oxygens (including phenoxy) is 1. The molecule has 1 saturated heterocycles. The van der Waals surface area contributed by atoms with E-state index in [1.165, 1.54) is 0 Å². The van der Waals surface area contributed by atoms with Crippen LogP contribution >= 0.6 is 0 Å². The standard InChI is InChI=1S/C19H28N2O4/c1-5-16-13-21(18(24)25-19(2,3)4)10-9-20(16)12-14-7-6-8-15(11-14)17(22)23/h6-8,11,16H,5,9-10,12-13H2,1-4H3,(H,22,23). The highest BCUT2D eigenvalue weighted by Crippen LogP contribution is 2.19. The Bertz CT molecular complexity index is 624. The van der Waals surface area contributed by atoms with E-state index in [-0.39, 0.29) is 12.1 Å². The van der Waals surface area contributed by atoms with Gasteiger partial charge in [0.15, 0.2) is 0 Å². The third kappa shape index (κ3) is 5.46. The highest BCUT2D eigenvalue weighted by molar-refractivity contribution is 5.87. The number of carbonyl (C=O) groups is 2. The smallest absolute Gasteiger partial charge is 0.410 e. The minimum absolute atomic E-state index is 0.231. The van der Waals surface area contributed by atoms with Gasteiger partial charge in [-0.15, -0.1) is 0 Å². The van der Waals surface area contributed by atoms with Gasteiger partial charge >= 0.3 is 12.1 Å². The van der Waals surface area contributed by atoms with Crippen molar-refractivity contribution in [3.8, 4) is 0 Å². The number of amides is 1. The number of hydrogen-bond acceptors (Lipinski definition) is 4. The minimum Gasteiger partial charge on any atom is -0.478 e. The quantitative estimate of drug-likeness (QED) is 0.905. The van der Waals surface area contributed by atoms with Gasteiger partial charge in [0.25, 0.3) is 0 Å². The van der Waals surface area contributed by atoms with Crippen LogP contribution in [-0.4, -0.2) is 58.2 Å². The molecule has 1 fully saturated rings. The van der Waals surface area contributed by atoms with E-state index < -0.39 is 11.6 Å². The van der Waals surface area contributed by atoms with Gasteiger partial charge in [-0.3, -0.25) is 4.90 Å². The number of hydrogen-bond donors (Lipinski definition) is 1. The average Bonchev–Trinajstić information content (AvgIpc) is 2.53. The molecule has 1 aliphatic rings. The van der Waals surface area contributed by atoms with Crippen LogP contribution in [0.15, 0.2) is 24.3 Å². The van der Waals surface area contributed by atoms with Gasteiger partial charge < -0.3 is 14.7 Å². The molecule has 1 aromatic rings. The molecular weight excluding hydrogens is 320 g/mol. The number of piperazine rings is 1. The molecule has 1 heterocycles. The molecule has 25 heavy (non-hydrogen) atoms. The molecule has 1 unspecified atom stereocenters. The summed E-state index contributed by atoms with van der Waals surface area (Å²) in [5.41, 5.74) is 0.787. The van der Waals surface area contributed by atoms with Gasteiger partial charge in [-0.05, 0) is 44.9 Å². The Kier molecular flexibility index (Phi) is 6.06. The zero-order valence-corrected chi connectivity index (χ0v) is 15.5. The van der Waals surface area contributed by atoms with E-state index in [2.05, 4.69) is 11.8 Å². The molecule has 0 saturated carbocycles. The highest BCUT2D eigenvalue weighted by Gasteiger charge is 2.31. The van der Waals surface area contributed by atoms with E-state index in [1.807, 2.05) is 26.8 Å². The minimum atomic E-state index is -0.913. The molecule has 0 aromatic heterocycles. The monoisotopic (exact) mass is 348 g/mol. The molecule has 0 radical (unpaired) electrons. The van der Waals surface area contributed by atoms with E-state index in [0.717, 1.165) is 18.5 Å². The Balaban J connectivity index is 2.01. The molecule has 6 heteroatoms. The van der Waals surface area contributed by atoms with E-state index in [4.69, 9.17) is 9.84 Å². The normalized spacial score (nSPS) is 18.9. The number of rotatable bonds is 4. The van der Waals surface area contributed by atoms with Crippen LogP contribution in [-0.2, 0) is 11.3 Å². The Morgan fingerprint density at radius 2 is 2.00 bits per heavy atom. The number of carbonyl (C=O) groups excluding carboxylic acids is 1.